The van der Waals surface area contributed by atoms with E-state index in [2.05, 4.69) is 31.2 Å². The van der Waals surface area contributed by atoms with E-state index in [1.165, 1.54) is 12.1 Å². The number of hydrogen-bond donors (Lipinski definition) is 3. The van der Waals surface area contributed by atoms with Gasteiger partial charge in [-0.1, -0.05) is 0 Å². The molecule has 0 bridgehead atoms. The number of aromatic amines is 1. The molecule has 0 aliphatic heterocycles. The number of nitrogens with zero attached hydrogens (tertiary/aromatic N) is 1. The number of nitrogens with one attached hydrogen (secondary N) is 2. The van der Waals surface area contributed by atoms with Crippen molar-refractivity contribution in [3.63, 3.8) is 0 Å². The van der Waals surface area contributed by atoms with Crippen LogP contribution in [0.25, 0.3) is 0 Å². The average Bonchev–Trinajstić information content (AvgIpc) is 2.87. The fraction of sp³-hybridized carbons (Fsp3) is 0.167. The van der Waals surface area contributed by atoms with E-state index >= 15 is 0 Å². The molecule has 0 saturated heterocycles. The molecule has 19 heavy (non-hydrogen) atoms. The first kappa shape index (κ1) is 13.5. The summed E-state index contributed by atoms with van der Waals surface area (Å²) in [5, 5.41) is 2.75. The lowest BCUT2D eigenvalue weighted by atomic mass is 10.1. The second-order valence-corrected chi connectivity index (χ2v) is 4.88. The van der Waals surface area contributed by atoms with Gasteiger partial charge in [-0.2, -0.15) is 0 Å². The molecule has 1 unspecified atom stereocenters. The van der Waals surface area contributed by atoms with Crippen LogP contribution in [0.15, 0.2) is 29.0 Å². The van der Waals surface area contributed by atoms with E-state index in [0.29, 0.717) is 10.3 Å². The van der Waals surface area contributed by atoms with Crippen LogP contribution in [0, 0.1) is 5.82 Å². The normalized spacial score (nSPS) is 12.2. The Morgan fingerprint density at radius 3 is 2.95 bits per heavy atom. The van der Waals surface area contributed by atoms with Gasteiger partial charge < -0.3 is 16.0 Å². The third kappa shape index (κ3) is 2.93. The number of nitrogens with two attached hydrogens (primary N) is 1. The highest BCUT2D eigenvalue weighted by molar-refractivity contribution is 9.10. The Balaban J connectivity index is 2.19. The van der Waals surface area contributed by atoms with Crippen molar-refractivity contribution in [1.82, 2.24) is 15.3 Å². The van der Waals surface area contributed by atoms with Crippen LogP contribution in [0.4, 0.5) is 10.1 Å². The summed E-state index contributed by atoms with van der Waals surface area (Å²) in [5.41, 5.74) is 5.66. The quantitative estimate of drug-likeness (QED) is 0.757. The Labute approximate surface area is 117 Å². The second-order valence-electron chi connectivity index (χ2n) is 4.02. The number of carbonyl (C=O) groups excluding carboxylic acids is 1. The number of anilines is 1. The highest BCUT2D eigenvalue weighted by atomic mass is 79.9. The number of hydrogen-bond acceptors (Lipinski definition) is 3. The number of carbonyl (C=O) groups is 1. The van der Waals surface area contributed by atoms with Gasteiger partial charge in [-0.05, 0) is 35.0 Å². The minimum Gasteiger partial charge on any atom is -0.396 e. The van der Waals surface area contributed by atoms with Crippen LogP contribution in [0.1, 0.15) is 29.1 Å². The van der Waals surface area contributed by atoms with Crippen molar-refractivity contribution in [2.75, 3.05) is 5.73 Å². The fourth-order valence-electron chi connectivity index (χ4n) is 1.60. The molecular formula is C12H12BrFN4O. The maximum atomic E-state index is 13.2. The maximum absolute atomic E-state index is 13.2. The molecule has 1 aromatic heterocycles. The maximum Gasteiger partial charge on any atom is 0.253 e. The molecule has 0 fully saturated rings. The summed E-state index contributed by atoms with van der Waals surface area (Å²) in [6.45, 7) is 1.79. The van der Waals surface area contributed by atoms with Crippen LogP contribution in [0.2, 0.25) is 0 Å². The molecule has 0 radical (unpaired) electrons. The van der Waals surface area contributed by atoms with Gasteiger partial charge in [0.2, 0.25) is 0 Å². The first-order valence-corrected chi connectivity index (χ1v) is 6.33. The van der Waals surface area contributed by atoms with Crippen LogP contribution in [-0.4, -0.2) is 15.9 Å². The van der Waals surface area contributed by atoms with Crippen LogP contribution >= 0.6 is 15.9 Å². The first-order chi connectivity index (χ1) is 8.99. The SMILES string of the molecule is CC(NC(=O)c1cc(N)c(F)cc1Br)c1ncc[nH]1. The largest absolute Gasteiger partial charge is 0.396 e. The standard InChI is InChI=1S/C12H12BrFN4O/c1-6(11-16-2-3-17-11)18-12(19)7-4-10(15)9(14)5-8(7)13/h2-6H,15H2,1H3,(H,16,17)(H,18,19). The average molecular weight is 327 g/mol. The zero-order chi connectivity index (χ0) is 14.0. The van der Waals surface area contributed by atoms with E-state index in [9.17, 15) is 9.18 Å². The van der Waals surface area contributed by atoms with Crippen molar-refractivity contribution >= 4 is 27.5 Å². The van der Waals surface area contributed by atoms with Gasteiger partial charge in [0.15, 0.2) is 0 Å². The molecule has 0 aliphatic carbocycles. The number of H-pyrrole nitrogens is 1. The summed E-state index contributed by atoms with van der Waals surface area (Å²) in [5.74, 6) is -0.287. The molecule has 7 heteroatoms. The van der Waals surface area contributed by atoms with Crippen LogP contribution in [0.3, 0.4) is 0 Å². The molecular weight excluding hydrogens is 315 g/mol. The van der Waals surface area contributed by atoms with E-state index in [1.807, 2.05) is 0 Å². The number of amides is 1. The van der Waals surface area contributed by atoms with Crippen LogP contribution in [-0.2, 0) is 0 Å². The van der Waals surface area contributed by atoms with E-state index < -0.39 is 5.82 Å². The number of rotatable bonds is 3. The summed E-state index contributed by atoms with van der Waals surface area (Å²) in [6, 6.07) is 2.17. The monoisotopic (exact) mass is 326 g/mol. The topological polar surface area (TPSA) is 83.8 Å². The molecule has 2 aromatic rings. The molecule has 1 aromatic carbocycles. The van der Waals surface area contributed by atoms with Gasteiger partial charge in [0, 0.05) is 16.9 Å². The van der Waals surface area contributed by atoms with Gasteiger partial charge in [0.1, 0.15) is 11.6 Å². The minimum atomic E-state index is -0.567. The lowest BCUT2D eigenvalue weighted by Gasteiger charge is -2.13. The Kier molecular flexibility index (Phi) is 3.84. The van der Waals surface area contributed by atoms with Crippen molar-refractivity contribution < 1.29 is 9.18 Å². The van der Waals surface area contributed by atoms with Gasteiger partial charge in [-0.15, -0.1) is 0 Å². The number of imidazole rings is 1. The number of halogens is 2. The Hall–Kier alpha value is -1.89. The predicted molar refractivity (Wildman–Crippen MR) is 73.0 cm³/mol. The Bertz CT molecular complexity index is 600. The lowest BCUT2D eigenvalue weighted by Crippen LogP contribution is -2.27. The van der Waals surface area contributed by atoms with Crippen molar-refractivity contribution in [3.8, 4) is 0 Å². The molecule has 1 heterocycles. The molecule has 0 spiro atoms. The van der Waals surface area contributed by atoms with Crippen LogP contribution < -0.4 is 11.1 Å². The number of aromatic nitrogens is 2. The number of nitrogen functional groups attached to an aromatic ring is 1. The molecule has 1 amide bonds. The predicted octanol–water partition coefficient (Wildman–Crippen LogP) is 2.38. The summed E-state index contributed by atoms with van der Waals surface area (Å²) >= 11 is 3.14. The van der Waals surface area contributed by atoms with Gasteiger partial charge in [0.25, 0.3) is 5.91 Å². The molecule has 5 nitrogen and oxygen atoms in total. The van der Waals surface area contributed by atoms with Gasteiger partial charge in [-0.3, -0.25) is 4.79 Å². The van der Waals surface area contributed by atoms with Crippen molar-refractivity contribution in [2.45, 2.75) is 13.0 Å². The molecule has 0 saturated carbocycles. The Morgan fingerprint density at radius 1 is 1.58 bits per heavy atom. The number of benzene rings is 1. The molecule has 1 atom stereocenters. The van der Waals surface area contributed by atoms with E-state index in [0.717, 1.165) is 0 Å². The third-order valence-electron chi connectivity index (χ3n) is 2.61. The highest BCUT2D eigenvalue weighted by Gasteiger charge is 2.17. The second kappa shape index (κ2) is 5.40. The van der Waals surface area contributed by atoms with Gasteiger partial charge >= 0.3 is 0 Å². The van der Waals surface area contributed by atoms with Crippen molar-refractivity contribution in [1.29, 1.82) is 0 Å². The van der Waals surface area contributed by atoms with Crippen molar-refractivity contribution in [2.24, 2.45) is 0 Å². The fourth-order valence-corrected chi connectivity index (χ4v) is 2.09. The zero-order valence-electron chi connectivity index (χ0n) is 10.1. The molecule has 0 aliphatic rings. The minimum absolute atomic E-state index is 0.0704. The summed E-state index contributed by atoms with van der Waals surface area (Å²) in [7, 11) is 0. The summed E-state index contributed by atoms with van der Waals surface area (Å²) in [6.07, 6.45) is 3.27. The third-order valence-corrected chi connectivity index (χ3v) is 3.26. The highest BCUT2D eigenvalue weighted by Crippen LogP contribution is 2.23. The molecule has 4 N–H and O–H groups in total. The summed E-state index contributed by atoms with van der Waals surface area (Å²) in [4.78, 5) is 19.0. The van der Waals surface area contributed by atoms with E-state index in [4.69, 9.17) is 5.73 Å². The van der Waals surface area contributed by atoms with E-state index in [1.54, 1.807) is 19.3 Å². The summed E-state index contributed by atoms with van der Waals surface area (Å²) < 4.78 is 13.6. The first-order valence-electron chi connectivity index (χ1n) is 5.53. The smallest absolute Gasteiger partial charge is 0.253 e. The lowest BCUT2D eigenvalue weighted by molar-refractivity contribution is 0.0937. The molecule has 2 rings (SSSR count). The van der Waals surface area contributed by atoms with Gasteiger partial charge in [-0.25, -0.2) is 9.37 Å². The Morgan fingerprint density at radius 2 is 2.32 bits per heavy atom. The van der Waals surface area contributed by atoms with Crippen LogP contribution in [0.5, 0.6) is 0 Å². The van der Waals surface area contributed by atoms with Crippen molar-refractivity contribution in [3.05, 3.63) is 46.2 Å². The van der Waals surface area contributed by atoms with E-state index in [-0.39, 0.29) is 23.2 Å². The zero-order valence-corrected chi connectivity index (χ0v) is 11.7. The molecule has 100 valence electrons. The van der Waals surface area contributed by atoms with Gasteiger partial charge in [0.05, 0.1) is 17.3 Å².